The highest BCUT2D eigenvalue weighted by atomic mass is 127. The first-order valence-electron chi connectivity index (χ1n) is 9.88. The Bertz CT molecular complexity index is 774. The van der Waals surface area contributed by atoms with Crippen molar-refractivity contribution in [3.63, 3.8) is 0 Å². The molecule has 0 fully saturated rings. The molecule has 8 heteroatoms. The van der Waals surface area contributed by atoms with Gasteiger partial charge in [0.2, 0.25) is 0 Å². The molecule has 0 unspecified atom stereocenters. The van der Waals surface area contributed by atoms with Gasteiger partial charge < -0.3 is 14.8 Å². The monoisotopic (exact) mass is 530 g/mol. The fourth-order valence-corrected chi connectivity index (χ4v) is 3.68. The molecule has 2 rings (SSSR count). The summed E-state index contributed by atoms with van der Waals surface area (Å²) in [4.78, 5) is 6.59. The molecule has 0 saturated carbocycles. The Morgan fingerprint density at radius 3 is 2.62 bits per heavy atom. The van der Waals surface area contributed by atoms with Crippen LogP contribution in [0.25, 0.3) is 0 Å². The van der Waals surface area contributed by atoms with Crippen LogP contribution in [0.15, 0.2) is 34.4 Å². The van der Waals surface area contributed by atoms with Crippen LogP contribution in [0.5, 0.6) is 0 Å². The number of rotatable bonds is 9. The number of thioether (sulfide) groups is 1. The van der Waals surface area contributed by atoms with E-state index >= 15 is 0 Å². The summed E-state index contributed by atoms with van der Waals surface area (Å²) in [7, 11) is 3.91. The first kappa shape index (κ1) is 25.7. The molecule has 1 heterocycles. The van der Waals surface area contributed by atoms with Crippen molar-refractivity contribution in [3.8, 4) is 0 Å². The average Bonchev–Trinajstić information content (AvgIpc) is 3.04. The molecule has 0 aliphatic rings. The number of halogens is 1. The van der Waals surface area contributed by atoms with E-state index < -0.39 is 0 Å². The number of aliphatic imine (C=N–C) groups is 1. The number of nitrogens with zero attached hydrogens (tertiary/aromatic N) is 5. The lowest BCUT2D eigenvalue weighted by atomic mass is 10.1. The van der Waals surface area contributed by atoms with Crippen molar-refractivity contribution >= 4 is 41.7 Å². The Labute approximate surface area is 197 Å². The molecule has 0 spiro atoms. The third kappa shape index (κ3) is 7.81. The van der Waals surface area contributed by atoms with Crippen LogP contribution < -0.4 is 5.32 Å². The number of guanidine groups is 1. The normalized spacial score (nSPS) is 11.5. The number of aryl methyl sites for hydroxylation is 2. The molecule has 1 N–H and O–H groups in total. The van der Waals surface area contributed by atoms with Crippen LogP contribution in [-0.4, -0.2) is 52.5 Å². The van der Waals surface area contributed by atoms with Gasteiger partial charge in [0.15, 0.2) is 11.1 Å². The van der Waals surface area contributed by atoms with Gasteiger partial charge in [-0.3, -0.25) is 4.99 Å². The Kier molecular flexibility index (Phi) is 11.6. The van der Waals surface area contributed by atoms with Crippen molar-refractivity contribution in [2.24, 2.45) is 10.9 Å². The lowest BCUT2D eigenvalue weighted by molar-refractivity contribution is 0.468. The van der Waals surface area contributed by atoms with Crippen LogP contribution in [0.3, 0.4) is 0 Å². The number of benzene rings is 1. The predicted molar refractivity (Wildman–Crippen MR) is 134 cm³/mol. The maximum absolute atomic E-state index is 4.43. The molecule has 0 saturated heterocycles. The maximum Gasteiger partial charge on any atom is 0.193 e. The van der Waals surface area contributed by atoms with E-state index in [1.165, 1.54) is 11.1 Å². The second-order valence-electron chi connectivity index (χ2n) is 7.47. The van der Waals surface area contributed by atoms with E-state index in [2.05, 4.69) is 88.3 Å². The van der Waals surface area contributed by atoms with Gasteiger partial charge in [-0.15, -0.1) is 34.2 Å². The van der Waals surface area contributed by atoms with E-state index in [-0.39, 0.29) is 24.0 Å². The summed E-state index contributed by atoms with van der Waals surface area (Å²) in [5.74, 6) is 2.56. The number of hydrogen-bond donors (Lipinski definition) is 1. The van der Waals surface area contributed by atoms with Gasteiger partial charge in [0.25, 0.3) is 0 Å². The van der Waals surface area contributed by atoms with Crippen molar-refractivity contribution in [2.75, 3.05) is 26.9 Å². The van der Waals surface area contributed by atoms with Gasteiger partial charge >= 0.3 is 0 Å². The van der Waals surface area contributed by atoms with Gasteiger partial charge in [0.05, 0.1) is 0 Å². The zero-order valence-electron chi connectivity index (χ0n) is 18.5. The zero-order chi connectivity index (χ0) is 20.5. The standard InChI is InChI=1S/C21H34N6S.HI/c1-16(2)14-27-19(24-25-21(27)28-6)12-9-13-23-20(22-4)26(5)15-18-11-8-7-10-17(18)3;/h7-8,10-11,16H,9,12-15H2,1-6H3,(H,22,23);1H. The molecule has 1 aromatic heterocycles. The summed E-state index contributed by atoms with van der Waals surface area (Å²) in [5.41, 5.74) is 2.62. The molecule has 162 valence electrons. The van der Waals surface area contributed by atoms with Crippen LogP contribution >= 0.6 is 35.7 Å². The van der Waals surface area contributed by atoms with Crippen LogP contribution in [-0.2, 0) is 19.5 Å². The van der Waals surface area contributed by atoms with Crippen LogP contribution in [0, 0.1) is 12.8 Å². The first-order valence-corrected chi connectivity index (χ1v) is 11.1. The van der Waals surface area contributed by atoms with Crippen molar-refractivity contribution in [1.82, 2.24) is 25.0 Å². The minimum Gasteiger partial charge on any atom is -0.356 e. The zero-order valence-corrected chi connectivity index (χ0v) is 21.6. The third-order valence-corrected chi connectivity index (χ3v) is 5.29. The maximum atomic E-state index is 4.43. The highest BCUT2D eigenvalue weighted by molar-refractivity contribution is 14.0. The van der Waals surface area contributed by atoms with E-state index in [0.717, 1.165) is 49.4 Å². The molecule has 2 aromatic rings. The fourth-order valence-electron chi connectivity index (χ4n) is 3.15. The molecular formula is C21H35IN6S. The highest BCUT2D eigenvalue weighted by Crippen LogP contribution is 2.16. The minimum absolute atomic E-state index is 0. The highest BCUT2D eigenvalue weighted by Gasteiger charge is 2.13. The SMILES string of the molecule is CN=C(NCCCc1nnc(SC)n1CC(C)C)N(C)Cc1ccccc1C.I. The molecule has 0 bridgehead atoms. The van der Waals surface area contributed by atoms with Crippen molar-refractivity contribution < 1.29 is 0 Å². The molecule has 0 amide bonds. The lowest BCUT2D eigenvalue weighted by Gasteiger charge is -2.23. The van der Waals surface area contributed by atoms with Gasteiger partial charge in [-0.2, -0.15) is 0 Å². The largest absolute Gasteiger partial charge is 0.356 e. The smallest absolute Gasteiger partial charge is 0.193 e. The van der Waals surface area contributed by atoms with Gasteiger partial charge in [0.1, 0.15) is 5.82 Å². The van der Waals surface area contributed by atoms with E-state index in [0.29, 0.717) is 5.92 Å². The van der Waals surface area contributed by atoms with Gasteiger partial charge in [0, 0.05) is 40.2 Å². The van der Waals surface area contributed by atoms with E-state index in [9.17, 15) is 0 Å². The fraction of sp³-hybridized carbons (Fsp3) is 0.571. The van der Waals surface area contributed by atoms with Crippen molar-refractivity contribution in [2.45, 2.75) is 51.9 Å². The van der Waals surface area contributed by atoms with Crippen LogP contribution in [0.4, 0.5) is 0 Å². The average molecular weight is 531 g/mol. The second kappa shape index (κ2) is 13.1. The Morgan fingerprint density at radius 2 is 2.00 bits per heavy atom. The molecule has 0 aliphatic heterocycles. The predicted octanol–water partition coefficient (Wildman–Crippen LogP) is 4.22. The first-order chi connectivity index (χ1) is 13.5. The summed E-state index contributed by atoms with van der Waals surface area (Å²) in [5, 5.41) is 13.2. The number of nitrogens with one attached hydrogen (secondary N) is 1. The third-order valence-electron chi connectivity index (χ3n) is 4.63. The second-order valence-corrected chi connectivity index (χ2v) is 8.24. The summed E-state index contributed by atoms with van der Waals surface area (Å²) in [6.45, 7) is 9.26. The molecule has 0 aliphatic carbocycles. The Hall–Kier alpha value is -1.29. The van der Waals surface area contributed by atoms with Gasteiger partial charge in [-0.25, -0.2) is 0 Å². The van der Waals surface area contributed by atoms with Gasteiger partial charge in [-0.05, 0) is 36.6 Å². The minimum atomic E-state index is 0. The van der Waals surface area contributed by atoms with Crippen LogP contribution in [0.2, 0.25) is 0 Å². The Morgan fingerprint density at radius 1 is 1.28 bits per heavy atom. The molecular weight excluding hydrogens is 495 g/mol. The summed E-state index contributed by atoms with van der Waals surface area (Å²) >= 11 is 1.66. The molecule has 0 atom stereocenters. The molecule has 1 aromatic carbocycles. The molecule has 29 heavy (non-hydrogen) atoms. The summed E-state index contributed by atoms with van der Waals surface area (Å²) in [6.07, 6.45) is 3.95. The van der Waals surface area contributed by atoms with E-state index in [4.69, 9.17) is 0 Å². The number of aromatic nitrogens is 3. The number of hydrogen-bond acceptors (Lipinski definition) is 4. The van der Waals surface area contributed by atoms with Gasteiger partial charge in [-0.1, -0.05) is 49.9 Å². The van der Waals surface area contributed by atoms with Crippen LogP contribution in [0.1, 0.15) is 37.2 Å². The molecule has 6 nitrogen and oxygen atoms in total. The quantitative estimate of drug-likeness (QED) is 0.173. The van der Waals surface area contributed by atoms with E-state index in [1.54, 1.807) is 11.8 Å². The lowest BCUT2D eigenvalue weighted by Crippen LogP contribution is -2.39. The Balaban J connectivity index is 0.00000420. The molecule has 0 radical (unpaired) electrons. The van der Waals surface area contributed by atoms with Crippen molar-refractivity contribution in [3.05, 3.63) is 41.2 Å². The summed E-state index contributed by atoms with van der Waals surface area (Å²) < 4.78 is 2.26. The van der Waals surface area contributed by atoms with Crippen molar-refractivity contribution in [1.29, 1.82) is 0 Å². The topological polar surface area (TPSA) is 58.3 Å². The summed E-state index contributed by atoms with van der Waals surface area (Å²) in [6, 6.07) is 8.48. The van der Waals surface area contributed by atoms with E-state index in [1.807, 2.05) is 7.05 Å².